The first-order valence-corrected chi connectivity index (χ1v) is 5.77. The number of anilines is 1. The highest BCUT2D eigenvalue weighted by Gasteiger charge is 2.28. The second-order valence-corrected chi connectivity index (χ2v) is 4.91. The zero-order valence-corrected chi connectivity index (χ0v) is 11.4. The molecule has 5 heteroatoms. The van der Waals surface area contributed by atoms with Crippen LogP contribution in [0.1, 0.15) is 13.8 Å². The maximum Gasteiger partial charge on any atom is 0.241 e. The molecular formula is C13H21N3O2. The molecule has 5 nitrogen and oxygen atoms in total. The van der Waals surface area contributed by atoms with Crippen LogP contribution in [0.2, 0.25) is 0 Å². The number of carbonyl (C=O) groups is 1. The van der Waals surface area contributed by atoms with Gasteiger partial charge in [-0.3, -0.25) is 10.2 Å². The molecule has 0 fully saturated rings. The van der Waals surface area contributed by atoms with E-state index < -0.39 is 5.41 Å². The fraction of sp³-hybridized carbons (Fsp3) is 0.462. The van der Waals surface area contributed by atoms with E-state index in [4.69, 9.17) is 10.6 Å². The lowest BCUT2D eigenvalue weighted by Gasteiger charge is -2.30. The van der Waals surface area contributed by atoms with Gasteiger partial charge in [0.25, 0.3) is 0 Å². The lowest BCUT2D eigenvalue weighted by Crippen LogP contribution is -2.46. The standard InChI is InChI=1S/C13H21N3O2/c1-13(2,12(17)15-14)9-16(3)10-5-7-11(18-4)8-6-10/h5-8H,9,14H2,1-4H3,(H,15,17). The third kappa shape index (κ3) is 3.37. The molecule has 0 saturated carbocycles. The molecule has 0 spiro atoms. The summed E-state index contributed by atoms with van der Waals surface area (Å²) >= 11 is 0. The minimum atomic E-state index is -0.552. The maximum absolute atomic E-state index is 11.6. The van der Waals surface area contributed by atoms with Gasteiger partial charge in [0.05, 0.1) is 12.5 Å². The lowest BCUT2D eigenvalue weighted by molar-refractivity contribution is -0.128. The molecule has 0 radical (unpaired) electrons. The molecule has 0 bridgehead atoms. The molecular weight excluding hydrogens is 230 g/mol. The highest BCUT2D eigenvalue weighted by Crippen LogP contribution is 2.23. The largest absolute Gasteiger partial charge is 0.497 e. The van der Waals surface area contributed by atoms with Gasteiger partial charge in [0.1, 0.15) is 5.75 Å². The van der Waals surface area contributed by atoms with Crippen molar-refractivity contribution in [2.45, 2.75) is 13.8 Å². The van der Waals surface area contributed by atoms with Crippen LogP contribution < -0.4 is 20.9 Å². The first-order chi connectivity index (χ1) is 8.40. The Morgan fingerprint density at radius 1 is 1.39 bits per heavy atom. The van der Waals surface area contributed by atoms with E-state index in [2.05, 4.69) is 5.43 Å². The first-order valence-electron chi connectivity index (χ1n) is 5.77. The molecule has 1 rings (SSSR count). The fourth-order valence-corrected chi connectivity index (χ4v) is 1.79. The second kappa shape index (κ2) is 5.73. The van der Waals surface area contributed by atoms with E-state index >= 15 is 0 Å². The monoisotopic (exact) mass is 251 g/mol. The van der Waals surface area contributed by atoms with Gasteiger partial charge in [-0.2, -0.15) is 0 Å². The number of carbonyl (C=O) groups excluding carboxylic acids is 1. The molecule has 0 aliphatic carbocycles. The van der Waals surface area contributed by atoms with Crippen LogP contribution in [0.4, 0.5) is 5.69 Å². The van der Waals surface area contributed by atoms with Crippen molar-refractivity contribution < 1.29 is 9.53 Å². The fourth-order valence-electron chi connectivity index (χ4n) is 1.79. The van der Waals surface area contributed by atoms with Gasteiger partial charge in [0, 0.05) is 19.3 Å². The van der Waals surface area contributed by atoms with Crippen LogP contribution in [0.3, 0.4) is 0 Å². The highest BCUT2D eigenvalue weighted by atomic mass is 16.5. The SMILES string of the molecule is COc1ccc(N(C)CC(C)(C)C(=O)NN)cc1. The van der Waals surface area contributed by atoms with Crippen molar-refractivity contribution in [1.29, 1.82) is 0 Å². The van der Waals surface area contributed by atoms with Crippen molar-refractivity contribution in [3.63, 3.8) is 0 Å². The van der Waals surface area contributed by atoms with Gasteiger partial charge in [-0.15, -0.1) is 0 Å². The summed E-state index contributed by atoms with van der Waals surface area (Å²) in [7, 11) is 3.57. The molecule has 18 heavy (non-hydrogen) atoms. The van der Waals surface area contributed by atoms with Crippen molar-refractivity contribution >= 4 is 11.6 Å². The number of nitrogens with one attached hydrogen (secondary N) is 1. The Bertz CT molecular complexity index is 401. The maximum atomic E-state index is 11.6. The molecule has 1 aromatic carbocycles. The number of ether oxygens (including phenoxy) is 1. The van der Waals surface area contributed by atoms with E-state index in [0.29, 0.717) is 6.54 Å². The second-order valence-electron chi connectivity index (χ2n) is 4.91. The Labute approximate surface area is 108 Å². The van der Waals surface area contributed by atoms with Crippen LogP contribution in [0.15, 0.2) is 24.3 Å². The number of hydrogen-bond donors (Lipinski definition) is 2. The van der Waals surface area contributed by atoms with Crippen LogP contribution >= 0.6 is 0 Å². The van der Waals surface area contributed by atoms with Crippen LogP contribution in [0.25, 0.3) is 0 Å². The van der Waals surface area contributed by atoms with Crippen molar-refractivity contribution in [3.05, 3.63) is 24.3 Å². The molecule has 0 atom stereocenters. The Morgan fingerprint density at radius 3 is 2.39 bits per heavy atom. The Morgan fingerprint density at radius 2 is 1.94 bits per heavy atom. The zero-order chi connectivity index (χ0) is 13.8. The van der Waals surface area contributed by atoms with Gasteiger partial charge >= 0.3 is 0 Å². The van der Waals surface area contributed by atoms with Crippen molar-refractivity contribution in [3.8, 4) is 5.75 Å². The number of rotatable bonds is 5. The number of nitrogens with zero attached hydrogens (tertiary/aromatic N) is 1. The van der Waals surface area contributed by atoms with Gasteiger partial charge in [-0.25, -0.2) is 5.84 Å². The first kappa shape index (κ1) is 14.3. The van der Waals surface area contributed by atoms with E-state index in [1.54, 1.807) is 7.11 Å². The van der Waals surface area contributed by atoms with Gasteiger partial charge in [0.2, 0.25) is 5.91 Å². The topological polar surface area (TPSA) is 67.6 Å². The number of amides is 1. The minimum Gasteiger partial charge on any atom is -0.497 e. The third-order valence-corrected chi connectivity index (χ3v) is 2.89. The molecule has 0 heterocycles. The average Bonchev–Trinajstić information content (AvgIpc) is 2.37. The summed E-state index contributed by atoms with van der Waals surface area (Å²) in [4.78, 5) is 13.6. The molecule has 0 aliphatic heterocycles. The van der Waals surface area contributed by atoms with Crippen molar-refractivity contribution in [2.24, 2.45) is 11.3 Å². The normalized spacial score (nSPS) is 10.9. The van der Waals surface area contributed by atoms with Crippen molar-refractivity contribution in [2.75, 3.05) is 25.6 Å². The summed E-state index contributed by atoms with van der Waals surface area (Å²) < 4.78 is 5.11. The summed E-state index contributed by atoms with van der Waals surface area (Å²) in [5.74, 6) is 5.81. The zero-order valence-electron chi connectivity index (χ0n) is 11.4. The summed E-state index contributed by atoms with van der Waals surface area (Å²) in [5, 5.41) is 0. The predicted octanol–water partition coefficient (Wildman–Crippen LogP) is 1.15. The van der Waals surface area contributed by atoms with Gasteiger partial charge < -0.3 is 9.64 Å². The van der Waals surface area contributed by atoms with Crippen LogP contribution in [-0.2, 0) is 4.79 Å². The smallest absolute Gasteiger partial charge is 0.241 e. The summed E-state index contributed by atoms with van der Waals surface area (Å²) in [5.41, 5.74) is 2.66. The van der Waals surface area contributed by atoms with E-state index in [0.717, 1.165) is 11.4 Å². The Kier molecular flexibility index (Phi) is 4.55. The van der Waals surface area contributed by atoms with E-state index in [1.807, 2.05) is 50.1 Å². The molecule has 0 aliphatic rings. The summed E-state index contributed by atoms with van der Waals surface area (Å²) in [6.45, 7) is 4.28. The summed E-state index contributed by atoms with van der Waals surface area (Å²) in [6.07, 6.45) is 0. The molecule has 0 aromatic heterocycles. The molecule has 1 amide bonds. The van der Waals surface area contributed by atoms with E-state index in [-0.39, 0.29) is 5.91 Å². The molecule has 0 unspecified atom stereocenters. The number of methoxy groups -OCH3 is 1. The van der Waals surface area contributed by atoms with Gasteiger partial charge in [-0.1, -0.05) is 0 Å². The van der Waals surface area contributed by atoms with Crippen LogP contribution in [0.5, 0.6) is 5.75 Å². The van der Waals surface area contributed by atoms with E-state index in [9.17, 15) is 4.79 Å². The lowest BCUT2D eigenvalue weighted by atomic mass is 9.92. The van der Waals surface area contributed by atoms with Crippen LogP contribution in [0, 0.1) is 5.41 Å². The number of hydrogen-bond acceptors (Lipinski definition) is 4. The van der Waals surface area contributed by atoms with E-state index in [1.165, 1.54) is 0 Å². The van der Waals surface area contributed by atoms with Gasteiger partial charge in [-0.05, 0) is 38.1 Å². The predicted molar refractivity (Wildman–Crippen MR) is 72.4 cm³/mol. The number of benzene rings is 1. The molecule has 100 valence electrons. The highest BCUT2D eigenvalue weighted by molar-refractivity contribution is 5.82. The quantitative estimate of drug-likeness (QED) is 0.468. The Balaban J connectivity index is 2.75. The van der Waals surface area contributed by atoms with Crippen molar-refractivity contribution in [1.82, 2.24) is 5.43 Å². The molecule has 1 aromatic rings. The minimum absolute atomic E-state index is 0.178. The summed E-state index contributed by atoms with van der Waals surface area (Å²) in [6, 6.07) is 7.69. The molecule has 0 saturated heterocycles. The van der Waals surface area contributed by atoms with Crippen LogP contribution in [-0.4, -0.2) is 26.6 Å². The van der Waals surface area contributed by atoms with Gasteiger partial charge in [0.15, 0.2) is 0 Å². The molecule has 3 N–H and O–H groups in total. The Hall–Kier alpha value is -1.75. The average molecular weight is 251 g/mol. The number of nitrogens with two attached hydrogens (primary N) is 1. The third-order valence-electron chi connectivity index (χ3n) is 2.89. The number of hydrazine groups is 1.